The normalized spacial score (nSPS) is 17.5. The van der Waals surface area contributed by atoms with Gasteiger partial charge >= 0.3 is 0 Å². The zero-order valence-electron chi connectivity index (χ0n) is 18.4. The van der Waals surface area contributed by atoms with Crippen molar-refractivity contribution in [1.82, 2.24) is 14.1 Å². The van der Waals surface area contributed by atoms with Crippen molar-refractivity contribution in [2.45, 2.75) is 24.3 Å². The minimum Gasteiger partial charge on any atom is -0.337 e. The van der Waals surface area contributed by atoms with E-state index in [2.05, 4.69) is 0 Å². The molecular weight excluding hydrogens is 453 g/mol. The first-order valence-electron chi connectivity index (χ1n) is 10.6. The summed E-state index contributed by atoms with van der Waals surface area (Å²) in [6.45, 7) is 2.06. The molecular formula is C23H29ClFN3O3S. The molecule has 0 radical (unpaired) electrons. The Bertz CT molecular complexity index is 1010. The van der Waals surface area contributed by atoms with Crippen molar-refractivity contribution in [2.24, 2.45) is 5.92 Å². The maximum absolute atomic E-state index is 13.4. The number of benzene rings is 2. The number of sulfonamides is 1. The highest BCUT2D eigenvalue weighted by Crippen LogP contribution is 2.26. The van der Waals surface area contributed by atoms with Gasteiger partial charge in [-0.25, -0.2) is 12.8 Å². The topological polar surface area (TPSA) is 60.9 Å². The van der Waals surface area contributed by atoms with Crippen LogP contribution in [-0.4, -0.2) is 68.7 Å². The molecule has 1 aliphatic rings. The molecule has 1 heterocycles. The first-order chi connectivity index (χ1) is 15.2. The van der Waals surface area contributed by atoms with Gasteiger partial charge in [0.2, 0.25) is 15.9 Å². The van der Waals surface area contributed by atoms with Gasteiger partial charge in [0.25, 0.3) is 0 Å². The van der Waals surface area contributed by atoms with Crippen LogP contribution in [0.2, 0.25) is 5.02 Å². The Morgan fingerprint density at radius 3 is 2.38 bits per heavy atom. The van der Waals surface area contributed by atoms with E-state index in [0.717, 1.165) is 5.56 Å². The number of piperidine rings is 1. The maximum atomic E-state index is 13.4. The first-order valence-corrected chi connectivity index (χ1v) is 12.4. The molecule has 1 saturated heterocycles. The number of hydrogen-bond donors (Lipinski definition) is 0. The minimum atomic E-state index is -3.71. The Hall–Kier alpha value is -2.00. The lowest BCUT2D eigenvalue weighted by Gasteiger charge is -2.35. The van der Waals surface area contributed by atoms with Crippen molar-refractivity contribution in [3.05, 3.63) is 64.9 Å². The predicted octanol–water partition coefficient (Wildman–Crippen LogP) is 3.47. The number of nitrogens with zero attached hydrogens (tertiary/aromatic N) is 3. The zero-order chi connectivity index (χ0) is 23.3. The molecule has 1 atom stereocenters. The van der Waals surface area contributed by atoms with Crippen LogP contribution in [0.4, 0.5) is 4.39 Å². The Balaban J connectivity index is 1.76. The Morgan fingerprint density at radius 1 is 1.09 bits per heavy atom. The van der Waals surface area contributed by atoms with Crippen LogP contribution in [0.1, 0.15) is 18.4 Å². The fourth-order valence-electron chi connectivity index (χ4n) is 3.77. The third-order valence-corrected chi connectivity index (χ3v) is 7.73. The highest BCUT2D eigenvalue weighted by molar-refractivity contribution is 7.89. The van der Waals surface area contributed by atoms with Crippen LogP contribution in [-0.2, 0) is 21.4 Å². The van der Waals surface area contributed by atoms with E-state index in [1.807, 2.05) is 19.0 Å². The van der Waals surface area contributed by atoms with E-state index in [1.165, 1.54) is 28.6 Å². The highest BCUT2D eigenvalue weighted by Gasteiger charge is 2.35. The van der Waals surface area contributed by atoms with Gasteiger partial charge in [-0.2, -0.15) is 4.31 Å². The number of hydrogen-bond acceptors (Lipinski definition) is 4. The maximum Gasteiger partial charge on any atom is 0.243 e. The molecule has 1 aliphatic heterocycles. The van der Waals surface area contributed by atoms with Crippen LogP contribution >= 0.6 is 11.6 Å². The van der Waals surface area contributed by atoms with Gasteiger partial charge in [-0.1, -0.05) is 23.7 Å². The predicted molar refractivity (Wildman–Crippen MR) is 123 cm³/mol. The van der Waals surface area contributed by atoms with Gasteiger partial charge in [0.1, 0.15) is 5.82 Å². The quantitative estimate of drug-likeness (QED) is 0.579. The molecule has 2 aromatic carbocycles. The molecule has 0 bridgehead atoms. The van der Waals surface area contributed by atoms with Crippen LogP contribution in [0, 0.1) is 11.7 Å². The summed E-state index contributed by atoms with van der Waals surface area (Å²) >= 11 is 5.89. The Kier molecular flexibility index (Phi) is 8.27. The van der Waals surface area contributed by atoms with E-state index in [-0.39, 0.29) is 23.2 Å². The Morgan fingerprint density at radius 2 is 1.75 bits per heavy atom. The molecule has 2 aromatic rings. The average molecular weight is 482 g/mol. The van der Waals surface area contributed by atoms with Crippen molar-refractivity contribution in [1.29, 1.82) is 0 Å². The molecule has 1 fully saturated rings. The van der Waals surface area contributed by atoms with Gasteiger partial charge in [-0.3, -0.25) is 4.79 Å². The van der Waals surface area contributed by atoms with Crippen molar-refractivity contribution in [3.63, 3.8) is 0 Å². The van der Waals surface area contributed by atoms with Gasteiger partial charge in [0.15, 0.2) is 0 Å². The van der Waals surface area contributed by atoms with E-state index in [4.69, 9.17) is 11.6 Å². The lowest BCUT2D eigenvalue weighted by Crippen LogP contribution is -2.47. The third kappa shape index (κ3) is 6.28. The van der Waals surface area contributed by atoms with E-state index in [1.54, 1.807) is 29.2 Å². The van der Waals surface area contributed by atoms with Gasteiger partial charge in [0.05, 0.1) is 10.8 Å². The summed E-state index contributed by atoms with van der Waals surface area (Å²) in [6.07, 6.45) is 1.24. The molecule has 0 aliphatic carbocycles. The van der Waals surface area contributed by atoms with Crippen LogP contribution in [0.5, 0.6) is 0 Å². The number of amides is 1. The number of halogens is 2. The van der Waals surface area contributed by atoms with Crippen LogP contribution in [0.15, 0.2) is 53.4 Å². The van der Waals surface area contributed by atoms with Crippen molar-refractivity contribution < 1.29 is 17.6 Å². The first kappa shape index (κ1) is 24.6. The zero-order valence-corrected chi connectivity index (χ0v) is 19.9. The second-order valence-corrected chi connectivity index (χ2v) is 10.7. The molecule has 0 spiro atoms. The van der Waals surface area contributed by atoms with Gasteiger partial charge in [-0.15, -0.1) is 0 Å². The standard InChI is InChI=1S/C23H29ClFN3O3S/c1-26(2)14-15-27(16-18-5-9-21(25)10-6-18)23(29)19-4-3-13-28(17-19)32(30,31)22-11-7-20(24)8-12-22/h5-12,19H,3-4,13-17H2,1-2H3. The second-order valence-electron chi connectivity index (χ2n) is 8.35. The lowest BCUT2D eigenvalue weighted by molar-refractivity contribution is -0.137. The van der Waals surface area contributed by atoms with Crippen LogP contribution in [0.3, 0.4) is 0 Å². The molecule has 32 heavy (non-hydrogen) atoms. The second kappa shape index (κ2) is 10.7. The molecule has 174 valence electrons. The van der Waals surface area contributed by atoms with E-state index < -0.39 is 15.9 Å². The summed E-state index contributed by atoms with van der Waals surface area (Å²) in [5.74, 6) is -0.823. The molecule has 9 heteroatoms. The monoisotopic (exact) mass is 481 g/mol. The summed E-state index contributed by atoms with van der Waals surface area (Å²) in [5.41, 5.74) is 0.833. The number of carbonyl (C=O) groups excluding carboxylic acids is 1. The lowest BCUT2D eigenvalue weighted by atomic mass is 9.97. The molecule has 0 saturated carbocycles. The smallest absolute Gasteiger partial charge is 0.243 e. The van der Waals surface area contributed by atoms with E-state index in [9.17, 15) is 17.6 Å². The number of likely N-dealkylation sites (N-methyl/N-ethyl adjacent to an activating group) is 1. The number of rotatable bonds is 8. The van der Waals surface area contributed by atoms with Crippen LogP contribution < -0.4 is 0 Å². The van der Waals surface area contributed by atoms with Crippen molar-refractivity contribution in [2.75, 3.05) is 40.3 Å². The fraction of sp³-hybridized carbons (Fsp3) is 0.435. The largest absolute Gasteiger partial charge is 0.337 e. The molecule has 0 N–H and O–H groups in total. The van der Waals surface area contributed by atoms with Crippen LogP contribution in [0.25, 0.3) is 0 Å². The van der Waals surface area contributed by atoms with E-state index >= 15 is 0 Å². The summed E-state index contributed by atoms with van der Waals surface area (Å²) in [4.78, 5) is 17.3. The molecule has 3 rings (SSSR count). The summed E-state index contributed by atoms with van der Waals surface area (Å²) < 4.78 is 40.9. The van der Waals surface area contributed by atoms with Crippen molar-refractivity contribution in [3.8, 4) is 0 Å². The third-order valence-electron chi connectivity index (χ3n) is 5.60. The fourth-order valence-corrected chi connectivity index (χ4v) is 5.42. The van der Waals surface area contributed by atoms with Gasteiger partial charge < -0.3 is 9.80 Å². The average Bonchev–Trinajstić information content (AvgIpc) is 2.77. The highest BCUT2D eigenvalue weighted by atomic mass is 35.5. The SMILES string of the molecule is CN(C)CCN(Cc1ccc(F)cc1)C(=O)C1CCCN(S(=O)(=O)c2ccc(Cl)cc2)C1. The summed E-state index contributed by atoms with van der Waals surface area (Å²) in [6, 6.07) is 12.2. The summed E-state index contributed by atoms with van der Waals surface area (Å²) in [5, 5.41) is 0.466. The van der Waals surface area contributed by atoms with Gasteiger partial charge in [-0.05, 0) is 68.9 Å². The number of carbonyl (C=O) groups is 1. The van der Waals surface area contributed by atoms with Crippen molar-refractivity contribution >= 4 is 27.5 Å². The molecule has 1 amide bonds. The minimum absolute atomic E-state index is 0.0767. The van der Waals surface area contributed by atoms with Gasteiger partial charge in [0, 0.05) is 37.7 Å². The van der Waals surface area contributed by atoms with E-state index in [0.29, 0.717) is 44.0 Å². The molecule has 6 nitrogen and oxygen atoms in total. The molecule has 1 unspecified atom stereocenters. The Labute approximate surface area is 194 Å². The summed E-state index contributed by atoms with van der Waals surface area (Å²) in [7, 11) is 0.158. The molecule has 0 aromatic heterocycles.